The van der Waals surface area contributed by atoms with E-state index in [1.165, 1.54) is 4.70 Å². The molecular weight excluding hydrogens is 286 g/mol. The summed E-state index contributed by atoms with van der Waals surface area (Å²) in [6.07, 6.45) is 1.73. The molecule has 2 rings (SSSR count). The van der Waals surface area contributed by atoms with Crippen LogP contribution in [0.15, 0.2) is 24.3 Å². The van der Waals surface area contributed by atoms with E-state index in [-0.39, 0.29) is 6.04 Å². The normalized spacial score (nSPS) is 14.8. The van der Waals surface area contributed by atoms with E-state index in [2.05, 4.69) is 11.4 Å². The monoisotopic (exact) mass is 301 g/mol. The van der Waals surface area contributed by atoms with Crippen LogP contribution in [0.4, 0.5) is 0 Å². The van der Waals surface area contributed by atoms with Gasteiger partial charge in [-0.1, -0.05) is 29.8 Å². The van der Waals surface area contributed by atoms with Crippen LogP contribution in [0.3, 0.4) is 0 Å². The van der Waals surface area contributed by atoms with Crippen LogP contribution in [0.1, 0.15) is 11.8 Å². The second kappa shape index (κ2) is 6.15. The molecule has 2 atom stereocenters. The molecule has 2 unspecified atom stereocenters. The summed E-state index contributed by atoms with van der Waals surface area (Å²) in [5, 5.41) is 5.32. The van der Waals surface area contributed by atoms with Crippen LogP contribution < -0.4 is 5.32 Å². The van der Waals surface area contributed by atoms with Crippen molar-refractivity contribution >= 4 is 43.8 Å². The highest BCUT2D eigenvalue weighted by Gasteiger charge is 2.11. The first kappa shape index (κ1) is 14.0. The zero-order valence-corrected chi connectivity index (χ0v) is 12.8. The molecule has 0 amide bonds. The van der Waals surface area contributed by atoms with Gasteiger partial charge in [-0.05, 0) is 13.0 Å². The Hall–Kier alpha value is -0.420. The zero-order chi connectivity index (χ0) is 13.1. The fourth-order valence-corrected chi connectivity index (χ4v) is 4.13. The van der Waals surface area contributed by atoms with Gasteiger partial charge in [0.25, 0.3) is 0 Å². The fourth-order valence-electron chi connectivity index (χ4n) is 1.86. The lowest BCUT2D eigenvalue weighted by Crippen LogP contribution is -2.30. The molecule has 1 aromatic heterocycles. The topological polar surface area (TPSA) is 29.1 Å². The van der Waals surface area contributed by atoms with Gasteiger partial charge in [0.2, 0.25) is 0 Å². The minimum absolute atomic E-state index is 0.233. The van der Waals surface area contributed by atoms with Crippen molar-refractivity contribution in [3.63, 3.8) is 0 Å². The number of benzene rings is 1. The van der Waals surface area contributed by atoms with Crippen LogP contribution in [-0.4, -0.2) is 22.3 Å². The second-order valence-corrected chi connectivity index (χ2v) is 7.35. The molecule has 18 heavy (non-hydrogen) atoms. The summed E-state index contributed by atoms with van der Waals surface area (Å²) < 4.78 is 12.3. The van der Waals surface area contributed by atoms with Gasteiger partial charge in [-0.3, -0.25) is 4.21 Å². The van der Waals surface area contributed by atoms with Gasteiger partial charge in [-0.15, -0.1) is 11.3 Å². The predicted octanol–water partition coefficient (Wildman–Crippen LogP) is 3.41. The molecule has 0 aliphatic heterocycles. The van der Waals surface area contributed by atoms with Crippen LogP contribution >= 0.6 is 22.9 Å². The molecule has 0 aliphatic carbocycles. The van der Waals surface area contributed by atoms with E-state index in [9.17, 15) is 4.21 Å². The maximum atomic E-state index is 11.1. The van der Waals surface area contributed by atoms with Crippen LogP contribution in [0, 0.1) is 0 Å². The Morgan fingerprint density at radius 3 is 2.83 bits per heavy atom. The lowest BCUT2D eigenvalue weighted by Gasteiger charge is -2.11. The van der Waals surface area contributed by atoms with Crippen LogP contribution in [0.2, 0.25) is 5.02 Å². The Bertz CT molecular complexity index is 567. The molecular formula is C13H16ClNOS2. The summed E-state index contributed by atoms with van der Waals surface area (Å²) >= 11 is 8.07. The first-order valence-electron chi connectivity index (χ1n) is 5.77. The Morgan fingerprint density at radius 2 is 2.17 bits per heavy atom. The van der Waals surface area contributed by atoms with Crippen LogP contribution in [0.5, 0.6) is 0 Å². The van der Waals surface area contributed by atoms with Crippen molar-refractivity contribution in [2.75, 3.05) is 12.0 Å². The molecule has 0 saturated carbocycles. The third-order valence-corrected chi connectivity index (χ3v) is 5.38. The van der Waals surface area contributed by atoms with E-state index < -0.39 is 10.8 Å². The quantitative estimate of drug-likeness (QED) is 0.917. The molecule has 98 valence electrons. The second-order valence-electron chi connectivity index (χ2n) is 4.36. The van der Waals surface area contributed by atoms with E-state index in [4.69, 9.17) is 11.6 Å². The molecule has 1 aromatic carbocycles. The lowest BCUT2D eigenvalue weighted by atomic mass is 10.2. The van der Waals surface area contributed by atoms with Gasteiger partial charge in [0, 0.05) is 50.4 Å². The fraction of sp³-hybridized carbons (Fsp3) is 0.385. The molecule has 0 aliphatic rings. The van der Waals surface area contributed by atoms with Crippen molar-refractivity contribution in [2.45, 2.75) is 19.5 Å². The van der Waals surface area contributed by atoms with Crippen molar-refractivity contribution in [3.05, 3.63) is 34.2 Å². The average molecular weight is 302 g/mol. The van der Waals surface area contributed by atoms with E-state index in [1.54, 1.807) is 17.6 Å². The van der Waals surface area contributed by atoms with Gasteiger partial charge in [-0.25, -0.2) is 0 Å². The number of fused-ring (bicyclic) bond motifs is 1. The van der Waals surface area contributed by atoms with Crippen molar-refractivity contribution in [1.82, 2.24) is 5.32 Å². The molecule has 1 heterocycles. The third kappa shape index (κ3) is 3.32. The Balaban J connectivity index is 2.08. The molecule has 0 saturated heterocycles. The molecule has 0 spiro atoms. The SMILES string of the molecule is CC(CS(C)=O)NCc1sc2ccccc2c1Cl. The van der Waals surface area contributed by atoms with E-state index in [0.717, 1.165) is 21.8 Å². The van der Waals surface area contributed by atoms with Gasteiger partial charge >= 0.3 is 0 Å². The highest BCUT2D eigenvalue weighted by molar-refractivity contribution is 7.84. The van der Waals surface area contributed by atoms with Crippen molar-refractivity contribution < 1.29 is 4.21 Å². The molecule has 5 heteroatoms. The van der Waals surface area contributed by atoms with Gasteiger partial charge in [-0.2, -0.15) is 0 Å². The number of rotatable bonds is 5. The largest absolute Gasteiger partial charge is 0.308 e. The summed E-state index contributed by atoms with van der Waals surface area (Å²) in [5.41, 5.74) is 0. The summed E-state index contributed by atoms with van der Waals surface area (Å²) in [5.74, 6) is 0.669. The molecule has 2 nitrogen and oxygen atoms in total. The maximum absolute atomic E-state index is 11.1. The molecule has 2 aromatic rings. The van der Waals surface area contributed by atoms with Gasteiger partial charge in [0.05, 0.1) is 5.02 Å². The summed E-state index contributed by atoms with van der Waals surface area (Å²) in [6, 6.07) is 8.38. The van der Waals surface area contributed by atoms with E-state index in [0.29, 0.717) is 5.75 Å². The number of hydrogen-bond donors (Lipinski definition) is 1. The summed E-state index contributed by atoms with van der Waals surface area (Å²) in [7, 11) is -0.766. The first-order valence-corrected chi connectivity index (χ1v) is 8.69. The van der Waals surface area contributed by atoms with Gasteiger partial charge < -0.3 is 5.32 Å². The van der Waals surface area contributed by atoms with Crippen molar-refractivity contribution in [3.8, 4) is 0 Å². The zero-order valence-electron chi connectivity index (χ0n) is 10.4. The molecule has 0 radical (unpaired) electrons. The highest BCUT2D eigenvalue weighted by atomic mass is 35.5. The number of halogens is 1. The van der Waals surface area contributed by atoms with E-state index in [1.807, 2.05) is 25.1 Å². The number of hydrogen-bond acceptors (Lipinski definition) is 3. The number of thiophene rings is 1. The standard InChI is InChI=1S/C13H16ClNOS2/c1-9(8-18(2)16)15-7-12-13(14)10-5-3-4-6-11(10)17-12/h3-6,9,15H,7-8H2,1-2H3. The Labute approximate surface area is 119 Å². The summed E-state index contributed by atoms with van der Waals surface area (Å²) in [4.78, 5) is 1.15. The van der Waals surface area contributed by atoms with Crippen molar-refractivity contribution in [1.29, 1.82) is 0 Å². The smallest absolute Gasteiger partial charge is 0.0636 e. The minimum atomic E-state index is -0.766. The first-order chi connectivity index (χ1) is 8.58. The molecule has 1 N–H and O–H groups in total. The van der Waals surface area contributed by atoms with Gasteiger partial charge in [0.1, 0.15) is 0 Å². The van der Waals surface area contributed by atoms with E-state index >= 15 is 0 Å². The summed E-state index contributed by atoms with van der Waals surface area (Å²) in [6.45, 7) is 2.78. The third-order valence-electron chi connectivity index (χ3n) is 2.70. The van der Waals surface area contributed by atoms with Crippen molar-refractivity contribution in [2.24, 2.45) is 0 Å². The maximum Gasteiger partial charge on any atom is 0.0636 e. The number of nitrogens with one attached hydrogen (secondary N) is 1. The van der Waals surface area contributed by atoms with Crippen LogP contribution in [0.25, 0.3) is 10.1 Å². The predicted molar refractivity (Wildman–Crippen MR) is 82.1 cm³/mol. The Kier molecular flexibility index (Phi) is 4.78. The molecule has 0 fully saturated rings. The molecule has 0 bridgehead atoms. The van der Waals surface area contributed by atoms with Crippen LogP contribution in [-0.2, 0) is 17.3 Å². The lowest BCUT2D eigenvalue weighted by molar-refractivity contribution is 0.591. The minimum Gasteiger partial charge on any atom is -0.308 e. The average Bonchev–Trinajstić information content (AvgIpc) is 2.64. The highest BCUT2D eigenvalue weighted by Crippen LogP contribution is 2.34. The van der Waals surface area contributed by atoms with Gasteiger partial charge in [0.15, 0.2) is 0 Å². The Morgan fingerprint density at radius 1 is 1.44 bits per heavy atom.